The predicted octanol–water partition coefficient (Wildman–Crippen LogP) is 4.90. The van der Waals surface area contributed by atoms with E-state index in [1.54, 1.807) is 4.90 Å². The SMILES string of the molecule is CC.O=C(N[C@H](C(=O)N1C[C@H](Cl)[C@H]2CCC(=O)[C@H]21)C1CCCC1)C1=CC=C(c2ccccc2)C1. The van der Waals surface area contributed by atoms with Crippen molar-refractivity contribution in [3.8, 4) is 0 Å². The van der Waals surface area contributed by atoms with Crippen molar-refractivity contribution in [2.75, 3.05) is 6.54 Å². The number of benzene rings is 1. The molecule has 3 fully saturated rings. The summed E-state index contributed by atoms with van der Waals surface area (Å²) in [6.07, 6.45) is 9.61. The van der Waals surface area contributed by atoms with E-state index in [0.717, 1.165) is 43.2 Å². The molecule has 4 aliphatic rings. The van der Waals surface area contributed by atoms with Crippen LogP contribution in [0.1, 0.15) is 64.4 Å². The lowest BCUT2D eigenvalue weighted by molar-refractivity contribution is -0.141. The number of carbonyl (C=O) groups excluding carboxylic acids is 3. The van der Waals surface area contributed by atoms with Gasteiger partial charge >= 0.3 is 0 Å². The monoisotopic (exact) mass is 482 g/mol. The predicted molar refractivity (Wildman–Crippen MR) is 135 cm³/mol. The van der Waals surface area contributed by atoms with E-state index in [1.165, 1.54) is 0 Å². The fourth-order valence-electron chi connectivity index (χ4n) is 5.92. The largest absolute Gasteiger partial charge is 0.340 e. The van der Waals surface area contributed by atoms with Gasteiger partial charge in [-0.1, -0.05) is 69.2 Å². The number of Topliss-reactive ketones (excluding diaryl/α,β-unsaturated/α-hetero) is 1. The van der Waals surface area contributed by atoms with Crippen molar-refractivity contribution in [1.29, 1.82) is 0 Å². The van der Waals surface area contributed by atoms with Crippen LogP contribution in [0.4, 0.5) is 0 Å². The minimum absolute atomic E-state index is 0.0446. The minimum atomic E-state index is -0.595. The van der Waals surface area contributed by atoms with Gasteiger partial charge in [0, 0.05) is 30.9 Å². The van der Waals surface area contributed by atoms with Crippen LogP contribution in [0.15, 0.2) is 48.1 Å². The number of likely N-dealkylation sites (tertiary alicyclic amines) is 1. The molecule has 1 aromatic carbocycles. The van der Waals surface area contributed by atoms with Crippen molar-refractivity contribution in [2.24, 2.45) is 11.8 Å². The van der Waals surface area contributed by atoms with Crippen molar-refractivity contribution in [3.05, 3.63) is 53.6 Å². The van der Waals surface area contributed by atoms with Crippen LogP contribution in [0, 0.1) is 11.8 Å². The molecule has 1 aromatic rings. The van der Waals surface area contributed by atoms with Crippen LogP contribution in [-0.4, -0.2) is 46.5 Å². The molecule has 0 radical (unpaired) electrons. The van der Waals surface area contributed by atoms with Gasteiger partial charge in [0.15, 0.2) is 5.78 Å². The number of alkyl halides is 1. The van der Waals surface area contributed by atoms with Gasteiger partial charge in [-0.15, -0.1) is 11.6 Å². The van der Waals surface area contributed by atoms with Crippen molar-refractivity contribution in [2.45, 2.75) is 76.3 Å². The van der Waals surface area contributed by atoms with E-state index < -0.39 is 12.1 Å². The first-order valence-corrected chi connectivity index (χ1v) is 13.2. The summed E-state index contributed by atoms with van der Waals surface area (Å²) in [7, 11) is 0. The molecule has 2 saturated carbocycles. The first-order valence-electron chi connectivity index (χ1n) is 12.8. The molecule has 6 heteroatoms. The third-order valence-corrected chi connectivity index (χ3v) is 8.10. The molecule has 3 aliphatic carbocycles. The number of nitrogens with zero attached hydrogens (tertiary/aromatic N) is 1. The smallest absolute Gasteiger partial charge is 0.248 e. The molecular weight excluding hydrogens is 448 g/mol. The van der Waals surface area contributed by atoms with Crippen LogP contribution in [0.5, 0.6) is 0 Å². The van der Waals surface area contributed by atoms with Crippen LogP contribution < -0.4 is 5.32 Å². The minimum Gasteiger partial charge on any atom is -0.340 e. The van der Waals surface area contributed by atoms with Crippen LogP contribution >= 0.6 is 11.6 Å². The van der Waals surface area contributed by atoms with E-state index in [0.29, 0.717) is 25.0 Å². The number of rotatable bonds is 5. The molecule has 4 atom stereocenters. The zero-order valence-electron chi connectivity index (χ0n) is 20.1. The molecule has 1 heterocycles. The molecule has 0 unspecified atom stereocenters. The lowest BCUT2D eigenvalue weighted by atomic mass is 9.95. The van der Waals surface area contributed by atoms with Crippen molar-refractivity contribution < 1.29 is 14.4 Å². The second-order valence-corrected chi connectivity index (χ2v) is 10.1. The second-order valence-electron chi connectivity index (χ2n) is 9.54. The van der Waals surface area contributed by atoms with Gasteiger partial charge in [-0.2, -0.15) is 0 Å². The standard InChI is InChI=1S/C26H29ClN2O3.C2H6/c27-21-15-29(24-20(21)12-13-22(24)30)26(32)23(17-8-4-5-9-17)28-25(31)19-11-10-18(14-19)16-6-2-1-3-7-16;1-2/h1-3,6-7,10-11,17,20-21,23-24H,4-5,8-9,12-15H2,(H,28,31);1-2H3/t20-,21+,23+,24+;/m1./s1. The lowest BCUT2D eigenvalue weighted by Gasteiger charge is -2.31. The first kappa shape index (κ1) is 24.7. The molecule has 182 valence electrons. The summed E-state index contributed by atoms with van der Waals surface area (Å²) < 4.78 is 0. The van der Waals surface area contributed by atoms with Crippen LogP contribution in [0.2, 0.25) is 0 Å². The van der Waals surface area contributed by atoms with E-state index in [2.05, 4.69) is 5.32 Å². The van der Waals surface area contributed by atoms with Gasteiger partial charge in [-0.3, -0.25) is 14.4 Å². The first-order chi connectivity index (χ1) is 16.5. The molecule has 34 heavy (non-hydrogen) atoms. The Hall–Kier alpha value is -2.40. The van der Waals surface area contributed by atoms with Gasteiger partial charge in [0.1, 0.15) is 6.04 Å². The highest BCUT2D eigenvalue weighted by Crippen LogP contribution is 2.40. The van der Waals surface area contributed by atoms with Gasteiger partial charge < -0.3 is 10.2 Å². The van der Waals surface area contributed by atoms with Gasteiger partial charge in [0.05, 0.1) is 11.4 Å². The summed E-state index contributed by atoms with van der Waals surface area (Å²) in [6.45, 7) is 4.39. The van der Waals surface area contributed by atoms with Gasteiger partial charge in [-0.25, -0.2) is 0 Å². The number of ketones is 1. The Kier molecular flexibility index (Phi) is 7.92. The molecule has 0 spiro atoms. The van der Waals surface area contributed by atoms with E-state index in [9.17, 15) is 14.4 Å². The average Bonchev–Trinajstić information content (AvgIpc) is 3.66. The molecule has 0 bridgehead atoms. The Morgan fingerprint density at radius 1 is 1.06 bits per heavy atom. The van der Waals surface area contributed by atoms with E-state index >= 15 is 0 Å². The quantitative estimate of drug-likeness (QED) is 0.607. The maximum Gasteiger partial charge on any atom is 0.248 e. The summed E-state index contributed by atoms with van der Waals surface area (Å²) in [5.74, 6) is -0.0532. The number of fused-ring (bicyclic) bond motifs is 1. The van der Waals surface area contributed by atoms with Gasteiger partial charge in [0.2, 0.25) is 11.8 Å². The number of nitrogens with one attached hydrogen (secondary N) is 1. The summed E-state index contributed by atoms with van der Waals surface area (Å²) >= 11 is 6.52. The topological polar surface area (TPSA) is 66.5 Å². The van der Waals surface area contributed by atoms with Gasteiger partial charge in [0.25, 0.3) is 0 Å². The summed E-state index contributed by atoms with van der Waals surface area (Å²) in [6, 6.07) is 9.01. The van der Waals surface area contributed by atoms with Crippen LogP contribution in [0.3, 0.4) is 0 Å². The number of hydrogen-bond acceptors (Lipinski definition) is 3. The summed E-state index contributed by atoms with van der Waals surface area (Å²) in [5, 5.41) is 2.88. The molecule has 1 saturated heterocycles. The number of carbonyl (C=O) groups is 3. The molecule has 0 aromatic heterocycles. The number of halogens is 1. The zero-order chi connectivity index (χ0) is 24.2. The van der Waals surface area contributed by atoms with Crippen molar-refractivity contribution in [1.82, 2.24) is 10.2 Å². The molecular formula is C28H35ClN2O3. The average molecular weight is 483 g/mol. The maximum atomic E-state index is 13.7. The van der Waals surface area contributed by atoms with Crippen LogP contribution in [0.25, 0.3) is 5.57 Å². The Bertz CT molecular complexity index is 981. The number of amides is 2. The molecule has 2 amide bonds. The summed E-state index contributed by atoms with van der Waals surface area (Å²) in [5.41, 5.74) is 2.88. The third-order valence-electron chi connectivity index (χ3n) is 7.64. The van der Waals surface area contributed by atoms with E-state index in [-0.39, 0.29) is 34.8 Å². The van der Waals surface area contributed by atoms with Crippen LogP contribution in [-0.2, 0) is 14.4 Å². The highest BCUT2D eigenvalue weighted by Gasteiger charge is 2.52. The summed E-state index contributed by atoms with van der Waals surface area (Å²) in [4.78, 5) is 41.0. The fourth-order valence-corrected chi connectivity index (χ4v) is 6.33. The Balaban J connectivity index is 0.00000133. The van der Waals surface area contributed by atoms with E-state index in [4.69, 9.17) is 11.6 Å². The van der Waals surface area contributed by atoms with Gasteiger partial charge in [-0.05, 0) is 36.3 Å². The highest BCUT2D eigenvalue weighted by molar-refractivity contribution is 6.22. The lowest BCUT2D eigenvalue weighted by Crippen LogP contribution is -2.54. The second kappa shape index (κ2) is 10.9. The van der Waals surface area contributed by atoms with Crippen molar-refractivity contribution in [3.63, 3.8) is 0 Å². The third kappa shape index (κ3) is 4.86. The molecule has 1 aliphatic heterocycles. The zero-order valence-corrected chi connectivity index (χ0v) is 20.9. The molecule has 5 rings (SSSR count). The number of hydrogen-bond donors (Lipinski definition) is 1. The molecule has 1 N–H and O–H groups in total. The Morgan fingerprint density at radius 3 is 2.47 bits per heavy atom. The normalized spacial score (nSPS) is 27.0. The highest BCUT2D eigenvalue weighted by atomic mass is 35.5. The maximum absolute atomic E-state index is 13.7. The molecule has 5 nitrogen and oxygen atoms in total. The number of allylic oxidation sites excluding steroid dienone is 3. The fraction of sp³-hybridized carbons (Fsp3) is 0.536. The van der Waals surface area contributed by atoms with Crippen molar-refractivity contribution >= 4 is 34.8 Å². The Morgan fingerprint density at radius 2 is 1.76 bits per heavy atom. The Labute approximate surface area is 207 Å². The van der Waals surface area contributed by atoms with E-state index in [1.807, 2.05) is 56.3 Å².